The van der Waals surface area contributed by atoms with Crippen LogP contribution < -0.4 is 0 Å². The van der Waals surface area contributed by atoms with Gasteiger partial charge in [-0.3, -0.25) is 14.6 Å². The third kappa shape index (κ3) is 3.76. The molecule has 4 aliphatic rings. The topological polar surface area (TPSA) is 53.5 Å². The van der Waals surface area contributed by atoms with Crippen LogP contribution in [0.2, 0.25) is 0 Å². The Hall–Kier alpha value is -1.91. The van der Waals surface area contributed by atoms with E-state index >= 15 is 0 Å². The minimum atomic E-state index is 0.00255. The number of pyridine rings is 1. The lowest BCUT2D eigenvalue weighted by Gasteiger charge is -2.36. The summed E-state index contributed by atoms with van der Waals surface area (Å²) in [7, 11) is 0. The number of rotatable bonds is 4. The molecule has 1 aromatic heterocycles. The molecule has 5 rings (SSSR count). The Bertz CT molecular complexity index is 642. The van der Waals surface area contributed by atoms with Gasteiger partial charge < -0.3 is 9.80 Å². The van der Waals surface area contributed by atoms with E-state index in [1.54, 1.807) is 12.3 Å². The highest BCUT2D eigenvalue weighted by Crippen LogP contribution is 2.32. The Morgan fingerprint density at radius 2 is 1.88 bits per heavy atom. The van der Waals surface area contributed by atoms with Crippen molar-refractivity contribution in [3.63, 3.8) is 0 Å². The van der Waals surface area contributed by atoms with Crippen LogP contribution in [0.25, 0.3) is 0 Å². The van der Waals surface area contributed by atoms with Gasteiger partial charge in [0, 0.05) is 38.3 Å². The fourth-order valence-electron chi connectivity index (χ4n) is 4.97. The molecule has 0 spiro atoms. The quantitative estimate of drug-likeness (QED) is 0.834. The summed E-state index contributed by atoms with van der Waals surface area (Å²) in [6.07, 6.45) is 10.8. The van der Waals surface area contributed by atoms with Gasteiger partial charge in [-0.25, -0.2) is 0 Å². The number of amides is 2. The maximum Gasteiger partial charge on any atom is 0.272 e. The van der Waals surface area contributed by atoms with Crippen molar-refractivity contribution in [2.45, 2.75) is 57.4 Å². The number of carbonyl (C=O) groups excluding carboxylic acids is 2. The first-order valence-corrected chi connectivity index (χ1v) is 10.2. The van der Waals surface area contributed by atoms with Crippen molar-refractivity contribution in [3.05, 3.63) is 30.1 Å². The van der Waals surface area contributed by atoms with Crippen LogP contribution in [0.3, 0.4) is 0 Å². The van der Waals surface area contributed by atoms with E-state index in [-0.39, 0.29) is 11.9 Å². The summed E-state index contributed by atoms with van der Waals surface area (Å²) in [5.41, 5.74) is 0.507. The number of aromatic nitrogens is 1. The van der Waals surface area contributed by atoms with Crippen molar-refractivity contribution in [3.8, 4) is 0 Å². The normalized spacial score (nSPS) is 26.2. The molecule has 2 amide bonds. The second-order valence-corrected chi connectivity index (χ2v) is 8.26. The summed E-state index contributed by atoms with van der Waals surface area (Å²) >= 11 is 0. The number of fused-ring (bicyclic) bond motifs is 4. The summed E-state index contributed by atoms with van der Waals surface area (Å²) in [5.74, 6) is 1.46. The van der Waals surface area contributed by atoms with Crippen LogP contribution in [-0.2, 0) is 4.79 Å². The summed E-state index contributed by atoms with van der Waals surface area (Å²) in [5, 5.41) is 0. The van der Waals surface area contributed by atoms with Crippen LogP contribution in [0, 0.1) is 11.8 Å². The van der Waals surface area contributed by atoms with Gasteiger partial charge in [-0.05, 0) is 43.2 Å². The average Bonchev–Trinajstić information content (AvgIpc) is 3.04. The molecule has 3 aliphatic heterocycles. The van der Waals surface area contributed by atoms with Gasteiger partial charge >= 0.3 is 0 Å². The van der Waals surface area contributed by atoms with Crippen molar-refractivity contribution < 1.29 is 9.59 Å². The number of carbonyl (C=O) groups is 2. The molecule has 2 bridgehead atoms. The van der Waals surface area contributed by atoms with E-state index < -0.39 is 0 Å². The summed E-state index contributed by atoms with van der Waals surface area (Å²) in [4.78, 5) is 33.9. The molecule has 5 nitrogen and oxygen atoms in total. The molecule has 1 aliphatic carbocycles. The Labute approximate surface area is 155 Å². The second kappa shape index (κ2) is 7.77. The predicted octanol–water partition coefficient (Wildman–Crippen LogP) is 3.12. The van der Waals surface area contributed by atoms with Gasteiger partial charge in [0.25, 0.3) is 5.91 Å². The second-order valence-electron chi connectivity index (χ2n) is 8.26. The van der Waals surface area contributed by atoms with E-state index in [1.165, 1.54) is 25.7 Å². The third-order valence-electron chi connectivity index (χ3n) is 6.45. The Kier molecular flexibility index (Phi) is 5.23. The molecule has 0 N–H and O–H groups in total. The minimum absolute atomic E-state index is 0.00255. The van der Waals surface area contributed by atoms with Crippen LogP contribution in [0.5, 0.6) is 0 Å². The molecule has 3 saturated heterocycles. The smallest absolute Gasteiger partial charge is 0.272 e. The maximum absolute atomic E-state index is 12.9. The van der Waals surface area contributed by atoms with Crippen LogP contribution in [0.15, 0.2) is 24.4 Å². The molecule has 26 heavy (non-hydrogen) atoms. The lowest BCUT2D eigenvalue weighted by atomic mass is 9.94. The van der Waals surface area contributed by atoms with Crippen LogP contribution in [0.1, 0.15) is 61.9 Å². The SMILES string of the molecule is O=C(c1ccccn1)N1C[C@H]2CC[C@@H](C1)N(C(=O)CCC1CCCC1)C2. The van der Waals surface area contributed by atoms with Crippen molar-refractivity contribution in [1.29, 1.82) is 0 Å². The average molecular weight is 355 g/mol. The van der Waals surface area contributed by atoms with Crippen molar-refractivity contribution in [2.24, 2.45) is 11.8 Å². The highest BCUT2D eigenvalue weighted by molar-refractivity contribution is 5.92. The first-order valence-electron chi connectivity index (χ1n) is 10.2. The van der Waals surface area contributed by atoms with E-state index in [0.29, 0.717) is 30.5 Å². The maximum atomic E-state index is 12.9. The number of nitrogens with zero attached hydrogens (tertiary/aromatic N) is 3. The zero-order chi connectivity index (χ0) is 17.9. The van der Waals surface area contributed by atoms with Gasteiger partial charge in [-0.2, -0.15) is 0 Å². The van der Waals surface area contributed by atoms with Crippen LogP contribution in [0.4, 0.5) is 0 Å². The van der Waals surface area contributed by atoms with Crippen molar-refractivity contribution in [2.75, 3.05) is 19.6 Å². The number of piperidine rings is 1. The molecule has 0 aromatic carbocycles. The molecule has 140 valence electrons. The zero-order valence-electron chi connectivity index (χ0n) is 15.5. The van der Waals surface area contributed by atoms with Gasteiger partial charge in [-0.1, -0.05) is 31.7 Å². The van der Waals surface area contributed by atoms with E-state index in [2.05, 4.69) is 9.88 Å². The van der Waals surface area contributed by atoms with Gasteiger partial charge in [-0.15, -0.1) is 0 Å². The first-order chi connectivity index (χ1) is 12.7. The minimum Gasteiger partial charge on any atom is -0.338 e. The highest BCUT2D eigenvalue weighted by Gasteiger charge is 2.38. The summed E-state index contributed by atoms with van der Waals surface area (Å²) in [6.45, 7) is 2.22. The fraction of sp³-hybridized carbons (Fsp3) is 0.667. The van der Waals surface area contributed by atoms with Gasteiger partial charge in [0.05, 0.1) is 0 Å². The monoisotopic (exact) mass is 355 g/mol. The molecular formula is C21H29N3O2. The van der Waals surface area contributed by atoms with Gasteiger partial charge in [0.15, 0.2) is 0 Å². The van der Waals surface area contributed by atoms with Gasteiger partial charge in [0.2, 0.25) is 5.91 Å². The van der Waals surface area contributed by atoms with E-state index in [4.69, 9.17) is 0 Å². The molecular weight excluding hydrogens is 326 g/mol. The van der Waals surface area contributed by atoms with Crippen molar-refractivity contribution >= 4 is 11.8 Å². The fourth-order valence-corrected chi connectivity index (χ4v) is 4.97. The van der Waals surface area contributed by atoms with Crippen molar-refractivity contribution in [1.82, 2.24) is 14.8 Å². The Morgan fingerprint density at radius 1 is 1.04 bits per heavy atom. The molecule has 0 unspecified atom stereocenters. The Balaban J connectivity index is 1.39. The lowest BCUT2D eigenvalue weighted by molar-refractivity contribution is -0.135. The molecule has 4 heterocycles. The number of hydrogen-bond donors (Lipinski definition) is 0. The zero-order valence-corrected chi connectivity index (χ0v) is 15.5. The summed E-state index contributed by atoms with van der Waals surface area (Å²) in [6, 6.07) is 5.64. The molecule has 1 aromatic rings. The van der Waals surface area contributed by atoms with E-state index in [9.17, 15) is 9.59 Å². The number of hydrogen-bond acceptors (Lipinski definition) is 3. The molecule has 4 fully saturated rings. The summed E-state index contributed by atoms with van der Waals surface area (Å²) < 4.78 is 0. The van der Waals surface area contributed by atoms with Crippen LogP contribution >= 0.6 is 0 Å². The highest BCUT2D eigenvalue weighted by atomic mass is 16.2. The predicted molar refractivity (Wildman–Crippen MR) is 99.6 cm³/mol. The first kappa shape index (κ1) is 17.5. The molecule has 0 radical (unpaired) electrons. The third-order valence-corrected chi connectivity index (χ3v) is 6.45. The molecule has 1 saturated carbocycles. The van der Waals surface area contributed by atoms with E-state index in [1.807, 2.05) is 17.0 Å². The largest absolute Gasteiger partial charge is 0.338 e. The Morgan fingerprint density at radius 3 is 2.65 bits per heavy atom. The van der Waals surface area contributed by atoms with Crippen LogP contribution in [-0.4, -0.2) is 52.3 Å². The van der Waals surface area contributed by atoms with Gasteiger partial charge in [0.1, 0.15) is 5.69 Å². The molecule has 5 heteroatoms. The van der Waals surface area contributed by atoms with E-state index in [0.717, 1.165) is 38.3 Å². The standard InChI is InChI=1S/C21H29N3O2/c25-20(11-9-16-5-1-2-6-16)24-14-17-8-10-18(24)15-23(13-17)21(26)19-7-3-4-12-22-19/h3-4,7,12,16-18H,1-2,5-6,8-11,13-15H2/t17-,18+/m1/s1. The molecule has 2 atom stereocenters. The lowest BCUT2D eigenvalue weighted by Crippen LogP contribution is -2.47.